The largest absolute Gasteiger partial charge is 0.490 e. The average Bonchev–Trinajstić information content (AvgIpc) is 2.84. The number of ether oxygens (including phenoxy) is 2. The molecule has 1 atom stereocenters. The molecule has 8 nitrogen and oxygen atoms in total. The summed E-state index contributed by atoms with van der Waals surface area (Å²) in [7, 11) is -3.22. The number of amides is 2. The van der Waals surface area contributed by atoms with Crippen molar-refractivity contribution in [2.75, 3.05) is 44.4 Å². The Balaban J connectivity index is 1.58. The van der Waals surface area contributed by atoms with Crippen LogP contribution < -0.4 is 19.5 Å². The second-order valence-electron chi connectivity index (χ2n) is 6.72. The van der Waals surface area contributed by atoms with Gasteiger partial charge in [0.2, 0.25) is 10.0 Å². The number of anilines is 1. The Kier molecular flexibility index (Phi) is 5.87. The van der Waals surface area contributed by atoms with Crippen molar-refractivity contribution in [3.05, 3.63) is 18.2 Å². The number of benzene rings is 1. The van der Waals surface area contributed by atoms with Gasteiger partial charge in [-0.15, -0.1) is 0 Å². The molecule has 0 saturated carbocycles. The molecule has 1 saturated heterocycles. The number of urea groups is 1. The lowest BCUT2D eigenvalue weighted by molar-refractivity contribution is 0.178. The van der Waals surface area contributed by atoms with E-state index in [2.05, 4.69) is 10.0 Å². The lowest BCUT2D eigenvalue weighted by atomic mass is 9.99. The molecule has 9 heteroatoms. The number of carbonyl (C=O) groups excluding carboxylic acids is 1. The summed E-state index contributed by atoms with van der Waals surface area (Å²) in [6.45, 7) is 2.75. The highest BCUT2D eigenvalue weighted by Crippen LogP contribution is 2.32. The molecule has 26 heavy (non-hydrogen) atoms. The summed E-state index contributed by atoms with van der Waals surface area (Å²) in [4.78, 5) is 14.3. The minimum atomic E-state index is -3.22. The number of hydrogen-bond donors (Lipinski definition) is 2. The van der Waals surface area contributed by atoms with E-state index in [0.717, 1.165) is 25.5 Å². The summed E-state index contributed by atoms with van der Waals surface area (Å²) in [6, 6.07) is 5.16. The van der Waals surface area contributed by atoms with Crippen LogP contribution in [-0.4, -0.2) is 58.5 Å². The molecule has 0 aliphatic carbocycles. The highest BCUT2D eigenvalue weighted by Gasteiger charge is 2.24. The highest BCUT2D eigenvalue weighted by molar-refractivity contribution is 7.88. The Labute approximate surface area is 153 Å². The van der Waals surface area contributed by atoms with E-state index in [1.165, 1.54) is 0 Å². The average molecular weight is 383 g/mol. The Hall–Kier alpha value is -2.00. The molecule has 3 rings (SSSR count). The first kappa shape index (κ1) is 18.8. The number of rotatable bonds is 4. The molecular weight excluding hydrogens is 358 g/mol. The fourth-order valence-corrected chi connectivity index (χ4v) is 3.67. The summed E-state index contributed by atoms with van der Waals surface area (Å²) in [6.07, 6.45) is 3.72. The van der Waals surface area contributed by atoms with Gasteiger partial charge in [0.25, 0.3) is 0 Å². The van der Waals surface area contributed by atoms with Gasteiger partial charge < -0.3 is 19.7 Å². The van der Waals surface area contributed by atoms with Crippen LogP contribution in [0.5, 0.6) is 11.5 Å². The zero-order chi connectivity index (χ0) is 18.6. The molecular formula is C17H25N3O5S. The first-order chi connectivity index (χ1) is 12.4. The van der Waals surface area contributed by atoms with Crippen LogP contribution in [0.1, 0.15) is 19.3 Å². The standard InChI is InChI=1S/C17H25N3O5S/c1-26(22,23)18-11-13-4-2-7-20(12-13)17(21)19-14-5-6-15-16(10-14)25-9-3-8-24-15/h5-6,10,13,18H,2-4,7-9,11-12H2,1H3,(H,19,21)/t13-/m1/s1. The maximum absolute atomic E-state index is 12.6. The normalized spacial score (nSPS) is 20.3. The summed E-state index contributed by atoms with van der Waals surface area (Å²) in [5.41, 5.74) is 0.649. The van der Waals surface area contributed by atoms with Gasteiger partial charge in [-0.05, 0) is 30.9 Å². The van der Waals surface area contributed by atoms with Crippen molar-refractivity contribution in [3.8, 4) is 11.5 Å². The second kappa shape index (κ2) is 8.13. The van der Waals surface area contributed by atoms with E-state index in [9.17, 15) is 13.2 Å². The Morgan fingerprint density at radius 1 is 1.23 bits per heavy atom. The van der Waals surface area contributed by atoms with Gasteiger partial charge in [0, 0.05) is 37.8 Å². The van der Waals surface area contributed by atoms with Crippen molar-refractivity contribution in [2.45, 2.75) is 19.3 Å². The Morgan fingerprint density at radius 2 is 2.00 bits per heavy atom. The summed E-state index contributed by atoms with van der Waals surface area (Å²) in [5.74, 6) is 1.44. The van der Waals surface area contributed by atoms with Crippen LogP contribution >= 0.6 is 0 Å². The van der Waals surface area contributed by atoms with Gasteiger partial charge in [-0.3, -0.25) is 0 Å². The van der Waals surface area contributed by atoms with E-state index in [1.807, 2.05) is 0 Å². The number of nitrogens with one attached hydrogen (secondary N) is 2. The van der Waals surface area contributed by atoms with Gasteiger partial charge in [0.15, 0.2) is 11.5 Å². The zero-order valence-corrected chi connectivity index (χ0v) is 15.7. The topological polar surface area (TPSA) is 97.0 Å². The number of sulfonamides is 1. The quantitative estimate of drug-likeness (QED) is 0.824. The molecule has 2 N–H and O–H groups in total. The Morgan fingerprint density at radius 3 is 2.77 bits per heavy atom. The maximum atomic E-state index is 12.6. The molecule has 0 radical (unpaired) electrons. The highest BCUT2D eigenvalue weighted by atomic mass is 32.2. The van der Waals surface area contributed by atoms with Gasteiger partial charge in [0.1, 0.15) is 0 Å². The zero-order valence-electron chi connectivity index (χ0n) is 14.9. The first-order valence-corrected chi connectivity index (χ1v) is 10.7. The molecule has 2 amide bonds. The molecule has 1 aromatic rings. The molecule has 2 heterocycles. The minimum Gasteiger partial charge on any atom is -0.490 e. The third-order valence-electron chi connectivity index (χ3n) is 4.44. The third-order valence-corrected chi connectivity index (χ3v) is 5.13. The van der Waals surface area contributed by atoms with E-state index in [1.54, 1.807) is 23.1 Å². The SMILES string of the molecule is CS(=O)(=O)NC[C@H]1CCCN(C(=O)Nc2ccc3c(c2)OCCCO3)C1. The minimum absolute atomic E-state index is 0.119. The van der Waals surface area contributed by atoms with Crippen LogP contribution in [0.2, 0.25) is 0 Å². The molecule has 0 spiro atoms. The van der Waals surface area contributed by atoms with Crippen LogP contribution in [-0.2, 0) is 10.0 Å². The van der Waals surface area contributed by atoms with Crippen molar-refractivity contribution in [2.24, 2.45) is 5.92 Å². The van der Waals surface area contributed by atoms with E-state index >= 15 is 0 Å². The number of carbonyl (C=O) groups is 1. The maximum Gasteiger partial charge on any atom is 0.321 e. The predicted octanol–water partition coefficient (Wildman–Crippen LogP) is 1.64. The van der Waals surface area contributed by atoms with Crippen molar-refractivity contribution in [1.82, 2.24) is 9.62 Å². The number of nitrogens with zero attached hydrogens (tertiary/aromatic N) is 1. The fraction of sp³-hybridized carbons (Fsp3) is 0.588. The van der Waals surface area contributed by atoms with Crippen molar-refractivity contribution < 1.29 is 22.7 Å². The molecule has 144 valence electrons. The van der Waals surface area contributed by atoms with Crippen LogP contribution in [0.15, 0.2) is 18.2 Å². The molecule has 0 unspecified atom stereocenters. The lowest BCUT2D eigenvalue weighted by Crippen LogP contribution is -2.45. The molecule has 0 bridgehead atoms. The van der Waals surface area contributed by atoms with Crippen LogP contribution in [0.3, 0.4) is 0 Å². The molecule has 1 fully saturated rings. The number of hydrogen-bond acceptors (Lipinski definition) is 5. The van der Waals surface area contributed by atoms with Crippen molar-refractivity contribution in [1.29, 1.82) is 0 Å². The molecule has 2 aliphatic rings. The van der Waals surface area contributed by atoms with Crippen LogP contribution in [0, 0.1) is 5.92 Å². The molecule has 0 aromatic heterocycles. The lowest BCUT2D eigenvalue weighted by Gasteiger charge is -2.32. The fourth-order valence-electron chi connectivity index (χ4n) is 3.13. The van der Waals surface area contributed by atoms with Gasteiger partial charge in [-0.2, -0.15) is 0 Å². The van der Waals surface area contributed by atoms with Gasteiger partial charge in [0.05, 0.1) is 19.5 Å². The third kappa shape index (κ3) is 5.25. The smallest absolute Gasteiger partial charge is 0.321 e. The number of piperidine rings is 1. The number of likely N-dealkylation sites (tertiary alicyclic amines) is 1. The predicted molar refractivity (Wildman–Crippen MR) is 98.2 cm³/mol. The molecule has 2 aliphatic heterocycles. The Bertz CT molecular complexity index is 753. The van der Waals surface area contributed by atoms with E-state index in [0.29, 0.717) is 50.0 Å². The second-order valence-corrected chi connectivity index (χ2v) is 8.55. The van der Waals surface area contributed by atoms with Gasteiger partial charge in [-0.1, -0.05) is 0 Å². The van der Waals surface area contributed by atoms with Crippen LogP contribution in [0.4, 0.5) is 10.5 Å². The van der Waals surface area contributed by atoms with E-state index in [-0.39, 0.29) is 11.9 Å². The first-order valence-electron chi connectivity index (χ1n) is 8.81. The monoisotopic (exact) mass is 383 g/mol. The summed E-state index contributed by atoms with van der Waals surface area (Å²) < 4.78 is 36.2. The van der Waals surface area contributed by atoms with E-state index in [4.69, 9.17) is 9.47 Å². The van der Waals surface area contributed by atoms with Crippen molar-refractivity contribution in [3.63, 3.8) is 0 Å². The number of fused-ring (bicyclic) bond motifs is 1. The molecule has 1 aromatic carbocycles. The van der Waals surface area contributed by atoms with E-state index < -0.39 is 10.0 Å². The van der Waals surface area contributed by atoms with Gasteiger partial charge in [-0.25, -0.2) is 17.9 Å². The van der Waals surface area contributed by atoms with Crippen molar-refractivity contribution >= 4 is 21.7 Å². The summed E-state index contributed by atoms with van der Waals surface area (Å²) >= 11 is 0. The summed E-state index contributed by atoms with van der Waals surface area (Å²) in [5, 5.41) is 2.89. The van der Waals surface area contributed by atoms with Crippen LogP contribution in [0.25, 0.3) is 0 Å². The van der Waals surface area contributed by atoms with Gasteiger partial charge >= 0.3 is 6.03 Å².